The molecular formula is C23H23ClN4O2. The van der Waals surface area contributed by atoms with Crippen LogP contribution in [0.2, 0.25) is 5.15 Å². The normalized spacial score (nSPS) is 17.0. The summed E-state index contributed by atoms with van der Waals surface area (Å²) in [7, 11) is 0. The third kappa shape index (κ3) is 4.78. The Balaban J connectivity index is 1.39. The highest BCUT2D eigenvalue weighted by atomic mass is 35.5. The fraction of sp³-hybridized carbons (Fsp3) is 0.261. The lowest BCUT2D eigenvalue weighted by atomic mass is 9.97. The molecule has 154 valence electrons. The van der Waals surface area contributed by atoms with Gasteiger partial charge in [-0.05, 0) is 67.4 Å². The molecule has 3 aromatic rings. The van der Waals surface area contributed by atoms with Gasteiger partial charge in [0.1, 0.15) is 5.15 Å². The van der Waals surface area contributed by atoms with Crippen molar-refractivity contribution in [1.29, 1.82) is 0 Å². The van der Waals surface area contributed by atoms with Crippen LogP contribution in [0.3, 0.4) is 0 Å². The highest BCUT2D eigenvalue weighted by Gasteiger charge is 2.23. The van der Waals surface area contributed by atoms with E-state index < -0.39 is 0 Å². The Morgan fingerprint density at radius 1 is 1.13 bits per heavy atom. The van der Waals surface area contributed by atoms with E-state index in [1.165, 1.54) is 0 Å². The predicted molar refractivity (Wildman–Crippen MR) is 118 cm³/mol. The van der Waals surface area contributed by atoms with Crippen LogP contribution in [0.15, 0.2) is 54.6 Å². The minimum Gasteiger partial charge on any atom is -0.369 e. The number of nitrogens with one attached hydrogen (secondary N) is 1. The van der Waals surface area contributed by atoms with Crippen LogP contribution in [-0.2, 0) is 11.3 Å². The summed E-state index contributed by atoms with van der Waals surface area (Å²) in [5.41, 5.74) is 8.63. The number of nitrogens with zero attached hydrogens (tertiary/aromatic N) is 2. The molecular weight excluding hydrogens is 400 g/mol. The number of carbonyl (C=O) groups is 2. The fourth-order valence-electron chi connectivity index (χ4n) is 3.83. The molecule has 2 amide bonds. The molecule has 0 spiro atoms. The van der Waals surface area contributed by atoms with Crippen LogP contribution in [0.25, 0.3) is 10.9 Å². The van der Waals surface area contributed by atoms with Crippen molar-refractivity contribution in [2.75, 3.05) is 18.4 Å². The average Bonchev–Trinajstić information content (AvgIpc) is 2.75. The zero-order valence-corrected chi connectivity index (χ0v) is 17.2. The van der Waals surface area contributed by atoms with Gasteiger partial charge in [0.2, 0.25) is 5.91 Å². The Hall–Kier alpha value is -2.96. The second-order valence-corrected chi connectivity index (χ2v) is 8.06. The van der Waals surface area contributed by atoms with E-state index in [-0.39, 0.29) is 17.7 Å². The molecule has 0 radical (unpaired) electrons. The van der Waals surface area contributed by atoms with Gasteiger partial charge in [-0.2, -0.15) is 0 Å². The van der Waals surface area contributed by atoms with Crippen LogP contribution in [-0.4, -0.2) is 34.8 Å². The van der Waals surface area contributed by atoms with Crippen molar-refractivity contribution >= 4 is 40.0 Å². The van der Waals surface area contributed by atoms with E-state index in [2.05, 4.69) is 15.2 Å². The minimum absolute atomic E-state index is 0.0644. The van der Waals surface area contributed by atoms with Crippen molar-refractivity contribution in [3.8, 4) is 0 Å². The zero-order valence-electron chi connectivity index (χ0n) is 16.5. The molecule has 1 atom stereocenters. The molecule has 0 bridgehead atoms. The number of rotatable bonds is 5. The summed E-state index contributed by atoms with van der Waals surface area (Å²) >= 11 is 5.91. The van der Waals surface area contributed by atoms with Gasteiger partial charge < -0.3 is 11.1 Å². The first-order valence-corrected chi connectivity index (χ1v) is 10.3. The topological polar surface area (TPSA) is 88.3 Å². The van der Waals surface area contributed by atoms with Gasteiger partial charge in [-0.3, -0.25) is 14.5 Å². The van der Waals surface area contributed by atoms with Gasteiger partial charge in [0.25, 0.3) is 5.91 Å². The number of halogens is 1. The summed E-state index contributed by atoms with van der Waals surface area (Å²) in [6, 6.07) is 16.7. The molecule has 6 nitrogen and oxygen atoms in total. The zero-order chi connectivity index (χ0) is 21.1. The Kier molecular flexibility index (Phi) is 5.97. The van der Waals surface area contributed by atoms with Crippen LogP contribution in [0.5, 0.6) is 0 Å². The van der Waals surface area contributed by atoms with Crippen LogP contribution in [0, 0.1) is 5.92 Å². The van der Waals surface area contributed by atoms with E-state index in [4.69, 9.17) is 17.3 Å². The van der Waals surface area contributed by atoms with Crippen molar-refractivity contribution in [1.82, 2.24) is 9.88 Å². The molecule has 3 N–H and O–H groups in total. The summed E-state index contributed by atoms with van der Waals surface area (Å²) in [6.45, 7) is 2.43. The number of primary amides is 1. The molecule has 1 aliphatic heterocycles. The van der Waals surface area contributed by atoms with Gasteiger partial charge in [0.15, 0.2) is 0 Å². The van der Waals surface area contributed by atoms with Crippen molar-refractivity contribution in [3.63, 3.8) is 0 Å². The lowest BCUT2D eigenvalue weighted by Gasteiger charge is -2.31. The summed E-state index contributed by atoms with van der Waals surface area (Å²) < 4.78 is 0. The molecule has 7 heteroatoms. The maximum absolute atomic E-state index is 12.6. The third-order valence-electron chi connectivity index (χ3n) is 5.44. The highest BCUT2D eigenvalue weighted by Crippen LogP contribution is 2.21. The number of likely N-dealkylation sites (tertiary alicyclic amines) is 1. The van der Waals surface area contributed by atoms with Gasteiger partial charge >= 0.3 is 0 Å². The van der Waals surface area contributed by atoms with Crippen LogP contribution < -0.4 is 11.1 Å². The first kappa shape index (κ1) is 20.3. The molecule has 0 saturated carbocycles. The Bertz CT molecular complexity index is 1080. The predicted octanol–water partition coefficient (Wildman–Crippen LogP) is 3.84. The number of hydrogen-bond donors (Lipinski definition) is 2. The summed E-state index contributed by atoms with van der Waals surface area (Å²) in [5, 5.41) is 4.21. The summed E-state index contributed by atoms with van der Waals surface area (Å²) in [4.78, 5) is 30.6. The number of hydrogen-bond acceptors (Lipinski definition) is 4. The Morgan fingerprint density at radius 3 is 2.70 bits per heavy atom. The van der Waals surface area contributed by atoms with Crippen LogP contribution in [0.4, 0.5) is 5.69 Å². The summed E-state index contributed by atoms with van der Waals surface area (Å²) in [6.07, 6.45) is 1.85. The van der Waals surface area contributed by atoms with Crippen molar-refractivity contribution in [2.45, 2.75) is 19.4 Å². The number of piperidine rings is 1. The van der Waals surface area contributed by atoms with Crippen LogP contribution >= 0.6 is 11.6 Å². The van der Waals surface area contributed by atoms with Gasteiger partial charge in [-0.1, -0.05) is 23.7 Å². The van der Waals surface area contributed by atoms with E-state index in [1.807, 2.05) is 30.3 Å². The maximum atomic E-state index is 12.6. The van der Waals surface area contributed by atoms with Gasteiger partial charge in [0.05, 0.1) is 11.4 Å². The molecule has 4 rings (SSSR count). The van der Waals surface area contributed by atoms with Gasteiger partial charge in [-0.25, -0.2) is 4.98 Å². The molecule has 0 aliphatic carbocycles. The first-order valence-electron chi connectivity index (χ1n) is 9.96. The van der Waals surface area contributed by atoms with E-state index in [1.54, 1.807) is 24.3 Å². The number of amides is 2. The van der Waals surface area contributed by atoms with E-state index in [0.29, 0.717) is 17.3 Å². The fourth-order valence-corrected chi connectivity index (χ4v) is 3.98. The van der Waals surface area contributed by atoms with Gasteiger partial charge in [-0.15, -0.1) is 0 Å². The number of carbonyl (C=O) groups excluding carboxylic acids is 2. The SMILES string of the molecule is NC(=O)C1CCCN(Cc2ccc(NC(=O)c3ccc4nc(Cl)ccc4c3)cc2)C1. The lowest BCUT2D eigenvalue weighted by Crippen LogP contribution is -2.40. The number of fused-ring (bicyclic) bond motifs is 1. The highest BCUT2D eigenvalue weighted by molar-refractivity contribution is 6.29. The molecule has 1 aliphatic rings. The van der Waals surface area contributed by atoms with Crippen LogP contribution in [0.1, 0.15) is 28.8 Å². The molecule has 2 aromatic carbocycles. The van der Waals surface area contributed by atoms with Crippen molar-refractivity contribution in [2.24, 2.45) is 11.7 Å². The number of pyridine rings is 1. The number of nitrogens with two attached hydrogens (primary N) is 1. The van der Waals surface area contributed by atoms with Crippen molar-refractivity contribution < 1.29 is 9.59 Å². The van der Waals surface area contributed by atoms with E-state index >= 15 is 0 Å². The monoisotopic (exact) mass is 422 g/mol. The van der Waals surface area contributed by atoms with E-state index in [9.17, 15) is 9.59 Å². The number of anilines is 1. The molecule has 1 unspecified atom stereocenters. The van der Waals surface area contributed by atoms with E-state index in [0.717, 1.165) is 48.1 Å². The largest absolute Gasteiger partial charge is 0.369 e. The quantitative estimate of drug-likeness (QED) is 0.611. The second-order valence-electron chi connectivity index (χ2n) is 7.67. The lowest BCUT2D eigenvalue weighted by molar-refractivity contribution is -0.123. The average molecular weight is 423 g/mol. The third-order valence-corrected chi connectivity index (χ3v) is 5.65. The standard InChI is InChI=1S/C23H23ClN4O2/c24-21-10-6-16-12-17(5-9-20(16)27-21)23(30)26-19-7-3-15(4-8-19)13-28-11-1-2-18(14-28)22(25)29/h3-10,12,18H,1-2,11,13-14H2,(H2,25,29)(H,26,30). The van der Waals surface area contributed by atoms with Gasteiger partial charge in [0, 0.05) is 29.7 Å². The molecule has 2 heterocycles. The molecule has 1 aromatic heterocycles. The first-order chi connectivity index (χ1) is 14.5. The second kappa shape index (κ2) is 8.81. The summed E-state index contributed by atoms with van der Waals surface area (Å²) in [5.74, 6) is -0.462. The Morgan fingerprint density at radius 2 is 1.93 bits per heavy atom. The molecule has 1 saturated heterocycles. The Labute approximate surface area is 180 Å². The minimum atomic E-state index is -0.217. The number of benzene rings is 2. The number of aromatic nitrogens is 1. The van der Waals surface area contributed by atoms with Crippen molar-refractivity contribution in [3.05, 3.63) is 70.9 Å². The maximum Gasteiger partial charge on any atom is 0.255 e. The molecule has 30 heavy (non-hydrogen) atoms. The smallest absolute Gasteiger partial charge is 0.255 e. The molecule has 1 fully saturated rings.